The average Bonchev–Trinajstić information content (AvgIpc) is 2.33. The van der Waals surface area contributed by atoms with E-state index in [2.05, 4.69) is 9.97 Å². The predicted octanol–water partition coefficient (Wildman–Crippen LogP) is 2.61. The largest absolute Gasteiger partial charge is 0.238 e. The van der Waals surface area contributed by atoms with Crippen LogP contribution in [0.1, 0.15) is 43.5 Å². The lowest BCUT2D eigenvalue weighted by Gasteiger charge is -2.21. The molecule has 0 N–H and O–H groups in total. The summed E-state index contributed by atoms with van der Waals surface area (Å²) < 4.78 is 13.7. The fourth-order valence-corrected chi connectivity index (χ4v) is 2.29. The van der Waals surface area contributed by atoms with Gasteiger partial charge in [0, 0.05) is 0 Å². The lowest BCUT2D eigenvalue weighted by Crippen LogP contribution is -2.12. The summed E-state index contributed by atoms with van der Waals surface area (Å²) in [4.78, 5) is 7.55. The van der Waals surface area contributed by atoms with E-state index < -0.39 is 5.82 Å². The highest BCUT2D eigenvalue weighted by atomic mass is 19.1. The maximum atomic E-state index is 13.7. The number of rotatable bonds is 2. The van der Waals surface area contributed by atoms with E-state index in [0.29, 0.717) is 18.0 Å². The molecule has 0 atom stereocenters. The van der Waals surface area contributed by atoms with Crippen molar-refractivity contribution in [1.82, 2.24) is 9.97 Å². The van der Waals surface area contributed by atoms with Gasteiger partial charge >= 0.3 is 0 Å². The van der Waals surface area contributed by atoms with E-state index in [1.165, 1.54) is 25.6 Å². The highest BCUT2D eigenvalue weighted by Gasteiger charge is 2.18. The van der Waals surface area contributed by atoms with Crippen molar-refractivity contribution < 1.29 is 4.39 Å². The molecule has 1 heterocycles. The van der Waals surface area contributed by atoms with E-state index in [0.717, 1.165) is 12.8 Å². The molecular weight excluding hydrogens is 205 g/mol. The first kappa shape index (κ1) is 11.0. The molecule has 2 rings (SSSR count). The summed E-state index contributed by atoms with van der Waals surface area (Å²) in [7, 11) is 0. The Labute approximate surface area is 94.3 Å². The zero-order chi connectivity index (χ0) is 11.4. The monoisotopic (exact) mass is 219 g/mol. The van der Waals surface area contributed by atoms with Gasteiger partial charge in [0.25, 0.3) is 0 Å². The van der Waals surface area contributed by atoms with Crippen LogP contribution in [0.2, 0.25) is 0 Å². The third-order valence-electron chi connectivity index (χ3n) is 3.17. The molecule has 0 aromatic carbocycles. The normalized spacial score (nSPS) is 17.0. The van der Waals surface area contributed by atoms with Crippen LogP contribution in [0.4, 0.5) is 4.39 Å². The predicted molar refractivity (Wildman–Crippen MR) is 57.0 cm³/mol. The summed E-state index contributed by atoms with van der Waals surface area (Å²) >= 11 is 0. The van der Waals surface area contributed by atoms with Gasteiger partial charge in [0.15, 0.2) is 11.5 Å². The molecule has 1 aliphatic carbocycles. The Morgan fingerprint density at radius 1 is 1.31 bits per heavy atom. The third kappa shape index (κ3) is 2.35. The van der Waals surface area contributed by atoms with Gasteiger partial charge in [0.1, 0.15) is 12.4 Å². The van der Waals surface area contributed by atoms with Crippen molar-refractivity contribution in [2.75, 3.05) is 0 Å². The average molecular weight is 219 g/mol. The van der Waals surface area contributed by atoms with Crippen LogP contribution in [-0.2, 0) is 6.42 Å². The number of aromatic nitrogens is 2. The number of hydrogen-bond acceptors (Lipinski definition) is 3. The number of hydrogen-bond donors (Lipinski definition) is 0. The smallest absolute Gasteiger partial charge is 0.181 e. The molecule has 1 aromatic heterocycles. The van der Waals surface area contributed by atoms with Crippen molar-refractivity contribution in [3.8, 4) is 6.07 Å². The Hall–Kier alpha value is -1.50. The summed E-state index contributed by atoms with van der Waals surface area (Å²) in [6.07, 6.45) is 7.94. The van der Waals surface area contributed by atoms with E-state index in [9.17, 15) is 4.39 Å². The summed E-state index contributed by atoms with van der Waals surface area (Å²) in [6.45, 7) is 0. The SMILES string of the molecule is N#Cc1ncnc(CC2CCCCC2)c1F. The summed E-state index contributed by atoms with van der Waals surface area (Å²) in [6, 6.07) is 1.75. The summed E-state index contributed by atoms with van der Waals surface area (Å²) in [5, 5.41) is 8.67. The minimum atomic E-state index is -0.532. The molecule has 0 spiro atoms. The molecule has 0 unspecified atom stereocenters. The highest BCUT2D eigenvalue weighted by Crippen LogP contribution is 2.27. The zero-order valence-electron chi connectivity index (χ0n) is 9.12. The third-order valence-corrected chi connectivity index (χ3v) is 3.17. The van der Waals surface area contributed by atoms with E-state index in [-0.39, 0.29) is 5.69 Å². The van der Waals surface area contributed by atoms with E-state index in [1.807, 2.05) is 0 Å². The minimum Gasteiger partial charge on any atom is -0.238 e. The van der Waals surface area contributed by atoms with Crippen molar-refractivity contribution in [3.05, 3.63) is 23.5 Å². The first-order valence-electron chi connectivity index (χ1n) is 5.70. The minimum absolute atomic E-state index is 0.138. The topological polar surface area (TPSA) is 49.6 Å². The van der Waals surface area contributed by atoms with Crippen LogP contribution in [0.3, 0.4) is 0 Å². The van der Waals surface area contributed by atoms with Gasteiger partial charge in [0.05, 0.1) is 5.69 Å². The quantitative estimate of drug-likeness (QED) is 0.768. The van der Waals surface area contributed by atoms with Crippen molar-refractivity contribution in [2.45, 2.75) is 38.5 Å². The van der Waals surface area contributed by atoms with Crippen molar-refractivity contribution in [2.24, 2.45) is 5.92 Å². The van der Waals surface area contributed by atoms with E-state index in [4.69, 9.17) is 5.26 Å². The fourth-order valence-electron chi connectivity index (χ4n) is 2.29. The molecule has 3 nitrogen and oxygen atoms in total. The molecule has 1 saturated carbocycles. The number of nitrogens with zero attached hydrogens (tertiary/aromatic N) is 3. The van der Waals surface area contributed by atoms with Crippen LogP contribution in [0, 0.1) is 23.1 Å². The summed E-state index contributed by atoms with van der Waals surface area (Å²) in [5.41, 5.74) is 0.263. The van der Waals surface area contributed by atoms with Gasteiger partial charge < -0.3 is 0 Å². The van der Waals surface area contributed by atoms with Crippen molar-refractivity contribution in [3.63, 3.8) is 0 Å². The Morgan fingerprint density at radius 2 is 2.06 bits per heavy atom. The molecule has 1 aromatic rings. The van der Waals surface area contributed by atoms with E-state index in [1.54, 1.807) is 6.07 Å². The zero-order valence-corrected chi connectivity index (χ0v) is 9.12. The lowest BCUT2D eigenvalue weighted by molar-refractivity contribution is 0.349. The highest BCUT2D eigenvalue weighted by molar-refractivity contribution is 5.23. The van der Waals surface area contributed by atoms with Crippen LogP contribution >= 0.6 is 0 Å². The Kier molecular flexibility index (Phi) is 3.45. The van der Waals surface area contributed by atoms with Gasteiger partial charge in [-0.05, 0) is 12.3 Å². The number of halogens is 1. The van der Waals surface area contributed by atoms with Crippen LogP contribution in [-0.4, -0.2) is 9.97 Å². The fraction of sp³-hybridized carbons (Fsp3) is 0.583. The summed E-state index contributed by atoms with van der Waals surface area (Å²) in [5.74, 6) is -0.0136. The van der Waals surface area contributed by atoms with Crippen LogP contribution in [0.5, 0.6) is 0 Å². The second-order valence-electron chi connectivity index (χ2n) is 4.30. The van der Waals surface area contributed by atoms with Crippen LogP contribution < -0.4 is 0 Å². The molecule has 16 heavy (non-hydrogen) atoms. The molecular formula is C12H14FN3. The molecule has 0 radical (unpaired) electrons. The van der Waals surface area contributed by atoms with Crippen molar-refractivity contribution in [1.29, 1.82) is 5.26 Å². The molecule has 0 bridgehead atoms. The van der Waals surface area contributed by atoms with Gasteiger partial charge in [-0.15, -0.1) is 0 Å². The Bertz CT molecular complexity index is 405. The standard InChI is InChI=1S/C12H14FN3/c13-12-10(15-8-16-11(12)7-14)6-9-4-2-1-3-5-9/h8-9H,1-6H2. The van der Waals surface area contributed by atoms with Crippen molar-refractivity contribution >= 4 is 0 Å². The Morgan fingerprint density at radius 3 is 2.75 bits per heavy atom. The van der Waals surface area contributed by atoms with Gasteiger partial charge in [0.2, 0.25) is 0 Å². The van der Waals surface area contributed by atoms with Crippen LogP contribution in [0.25, 0.3) is 0 Å². The first-order chi connectivity index (χ1) is 7.81. The van der Waals surface area contributed by atoms with Crippen LogP contribution in [0.15, 0.2) is 6.33 Å². The first-order valence-corrected chi connectivity index (χ1v) is 5.70. The molecule has 0 aliphatic heterocycles. The Balaban J connectivity index is 2.12. The second-order valence-corrected chi connectivity index (χ2v) is 4.30. The van der Waals surface area contributed by atoms with Gasteiger partial charge in [-0.25, -0.2) is 14.4 Å². The van der Waals surface area contributed by atoms with Gasteiger partial charge in [-0.2, -0.15) is 5.26 Å². The molecule has 1 fully saturated rings. The molecule has 0 saturated heterocycles. The second kappa shape index (κ2) is 5.02. The van der Waals surface area contributed by atoms with Gasteiger partial charge in [-0.1, -0.05) is 32.1 Å². The molecule has 84 valence electrons. The number of nitriles is 1. The maximum absolute atomic E-state index is 13.7. The molecule has 0 amide bonds. The van der Waals surface area contributed by atoms with Gasteiger partial charge in [-0.3, -0.25) is 0 Å². The molecule has 1 aliphatic rings. The lowest BCUT2D eigenvalue weighted by atomic mass is 9.86. The van der Waals surface area contributed by atoms with E-state index >= 15 is 0 Å². The molecule has 4 heteroatoms. The maximum Gasteiger partial charge on any atom is 0.181 e.